The van der Waals surface area contributed by atoms with E-state index in [2.05, 4.69) is 29.9 Å². The first-order valence-electron chi connectivity index (χ1n) is 18.2. The Balaban J connectivity index is 1.32. The van der Waals surface area contributed by atoms with Crippen molar-refractivity contribution in [2.45, 2.75) is 0 Å². The van der Waals surface area contributed by atoms with Gasteiger partial charge >= 0.3 is 0 Å². The van der Waals surface area contributed by atoms with E-state index >= 15 is 0 Å². The molecule has 0 fully saturated rings. The maximum Gasteiger partial charge on any atom is 0.247 e. The van der Waals surface area contributed by atoms with Crippen LogP contribution in [0.5, 0.6) is 0 Å². The molecule has 0 aliphatic rings. The molecule has 12 heterocycles. The summed E-state index contributed by atoms with van der Waals surface area (Å²) >= 11 is 0. The van der Waals surface area contributed by atoms with Crippen molar-refractivity contribution in [1.29, 1.82) is 0 Å². The summed E-state index contributed by atoms with van der Waals surface area (Å²) in [5, 5.41) is 0. The highest BCUT2D eigenvalue weighted by atomic mass is 16.4. The van der Waals surface area contributed by atoms with Crippen molar-refractivity contribution in [1.82, 2.24) is 59.8 Å². The number of fused-ring (bicyclic) bond motifs is 6. The highest BCUT2D eigenvalue weighted by Gasteiger charge is 2.40. The lowest BCUT2D eigenvalue weighted by Gasteiger charge is -2.19. The number of oxazole rings is 6. The molecule has 0 saturated heterocycles. The molecule has 13 aromatic rings. The zero-order valence-corrected chi connectivity index (χ0v) is 30.2. The minimum Gasteiger partial charge on any atom is -0.434 e. The van der Waals surface area contributed by atoms with Gasteiger partial charge in [-0.3, -0.25) is 4.98 Å². The minimum atomic E-state index is 0.0680. The number of rotatable bonds is 6. The Morgan fingerprint density at radius 2 is 0.567 bits per heavy atom. The molecular formula is C42H18N12O6. The standard InChI is InChI=1S/C42H18N12O6/c1-6-20-32(44-12-1)56-38(50-20)27-26(37-49-19-11-17-43-18-25(19)55-37)28(39-51-21-7-2-13-45-33(21)57-39)30(41-53-23-9-4-15-47-35(23)59-41)31(42-54-24-10-5-16-48-36(24)60-42)29(27)40-52-22-8-3-14-46-34(22)58-40/h1-18H. The van der Waals surface area contributed by atoms with Gasteiger partial charge in [0, 0.05) is 37.2 Å². The molecular weight excluding hydrogens is 769 g/mol. The van der Waals surface area contributed by atoms with Crippen molar-refractivity contribution in [3.63, 3.8) is 0 Å². The van der Waals surface area contributed by atoms with Crippen molar-refractivity contribution in [3.8, 4) is 68.7 Å². The highest BCUT2D eigenvalue weighted by Crippen LogP contribution is 2.56. The molecule has 18 nitrogen and oxygen atoms in total. The zero-order valence-electron chi connectivity index (χ0n) is 30.2. The first kappa shape index (κ1) is 32.1. The highest BCUT2D eigenvalue weighted by molar-refractivity contribution is 6.11. The normalized spacial score (nSPS) is 12.0. The molecule has 0 bridgehead atoms. The van der Waals surface area contributed by atoms with Gasteiger partial charge in [0.15, 0.2) is 5.58 Å². The maximum absolute atomic E-state index is 6.60. The molecule has 0 amide bonds. The summed E-state index contributed by atoms with van der Waals surface area (Å²) in [5.41, 5.74) is 5.96. The molecule has 0 aliphatic heterocycles. The molecule has 0 spiro atoms. The molecule has 282 valence electrons. The SMILES string of the molecule is c1cnc2oc(-c3c(-c4nc5ccncc5o4)c(-c4nc5cccnc5o4)c(-c4nc5cccnc5o4)c(-c4nc5cccnc5o4)c3-c3nc4cccnc4o3)nc2c1. The zero-order chi connectivity index (χ0) is 39.3. The predicted octanol–water partition coefficient (Wildman–Crippen LogP) is 8.91. The van der Waals surface area contributed by atoms with E-state index in [1.807, 2.05) is 0 Å². The number of pyridine rings is 6. The van der Waals surface area contributed by atoms with Crippen LogP contribution < -0.4 is 0 Å². The number of aromatic nitrogens is 12. The average Bonchev–Trinajstić information content (AvgIpc) is 4.15. The summed E-state index contributed by atoms with van der Waals surface area (Å²) < 4.78 is 39.4. The van der Waals surface area contributed by atoms with Gasteiger partial charge in [0.2, 0.25) is 63.9 Å². The van der Waals surface area contributed by atoms with E-state index in [0.717, 1.165) is 0 Å². The molecule has 13 rings (SSSR count). The molecule has 0 saturated carbocycles. The number of benzene rings is 1. The average molecular weight is 787 g/mol. The van der Waals surface area contributed by atoms with Gasteiger partial charge in [0.1, 0.15) is 33.1 Å². The summed E-state index contributed by atoms with van der Waals surface area (Å²) in [5.74, 6) is 0.435. The van der Waals surface area contributed by atoms with Crippen molar-refractivity contribution >= 4 is 67.3 Å². The Kier molecular flexibility index (Phi) is 6.53. The van der Waals surface area contributed by atoms with E-state index in [-0.39, 0.29) is 97.3 Å². The lowest BCUT2D eigenvalue weighted by atomic mass is 9.85. The van der Waals surface area contributed by atoms with Gasteiger partial charge in [-0.05, 0) is 66.7 Å². The van der Waals surface area contributed by atoms with Crippen LogP contribution in [0.15, 0.2) is 137 Å². The quantitative estimate of drug-likeness (QED) is 0.153. The van der Waals surface area contributed by atoms with E-state index in [1.165, 1.54) is 0 Å². The van der Waals surface area contributed by atoms with Gasteiger partial charge in [-0.25, -0.2) is 54.8 Å². The summed E-state index contributed by atoms with van der Waals surface area (Å²) in [6.07, 6.45) is 11.2. The molecule has 18 heteroatoms. The fourth-order valence-corrected chi connectivity index (χ4v) is 7.30. The van der Waals surface area contributed by atoms with Crippen LogP contribution in [0.3, 0.4) is 0 Å². The van der Waals surface area contributed by atoms with Crippen LogP contribution >= 0.6 is 0 Å². The largest absolute Gasteiger partial charge is 0.434 e. The third-order valence-corrected chi connectivity index (χ3v) is 9.81. The minimum absolute atomic E-state index is 0.0680. The fraction of sp³-hybridized carbons (Fsp3) is 0. The second kappa shape index (κ2) is 12.2. The van der Waals surface area contributed by atoms with Crippen LogP contribution in [0.1, 0.15) is 0 Å². The second-order valence-electron chi connectivity index (χ2n) is 13.3. The van der Waals surface area contributed by atoms with Crippen LogP contribution in [0, 0.1) is 0 Å². The van der Waals surface area contributed by atoms with Crippen LogP contribution in [0.4, 0.5) is 0 Å². The Hall–Kier alpha value is -9.06. The van der Waals surface area contributed by atoms with Crippen LogP contribution in [-0.2, 0) is 0 Å². The summed E-state index contributed by atoms with van der Waals surface area (Å²) in [7, 11) is 0. The molecule has 0 N–H and O–H groups in total. The third-order valence-electron chi connectivity index (χ3n) is 9.81. The lowest BCUT2D eigenvalue weighted by Crippen LogP contribution is -2.03. The Labute approximate surface area is 331 Å². The van der Waals surface area contributed by atoms with Gasteiger partial charge in [-0.2, -0.15) is 0 Å². The topological polar surface area (TPSA) is 234 Å². The molecule has 12 aromatic heterocycles. The van der Waals surface area contributed by atoms with Gasteiger partial charge in [0.25, 0.3) is 0 Å². The lowest BCUT2D eigenvalue weighted by molar-refractivity contribution is 0.588. The summed E-state index contributed by atoms with van der Waals surface area (Å²) in [6.45, 7) is 0. The molecule has 60 heavy (non-hydrogen) atoms. The van der Waals surface area contributed by atoms with Gasteiger partial charge in [0.05, 0.1) is 39.6 Å². The predicted molar refractivity (Wildman–Crippen MR) is 211 cm³/mol. The fourth-order valence-electron chi connectivity index (χ4n) is 7.30. The van der Waals surface area contributed by atoms with Gasteiger partial charge in [-0.1, -0.05) is 0 Å². The van der Waals surface area contributed by atoms with E-state index in [1.54, 1.807) is 110 Å². The summed E-state index contributed by atoms with van der Waals surface area (Å²) in [6, 6.07) is 19.4. The van der Waals surface area contributed by atoms with Gasteiger partial charge < -0.3 is 26.5 Å². The van der Waals surface area contributed by atoms with Crippen molar-refractivity contribution < 1.29 is 26.5 Å². The van der Waals surface area contributed by atoms with E-state index in [0.29, 0.717) is 38.7 Å². The number of hydrogen-bond donors (Lipinski definition) is 0. The Morgan fingerprint density at radius 1 is 0.283 bits per heavy atom. The number of hydrogen-bond acceptors (Lipinski definition) is 18. The second-order valence-corrected chi connectivity index (χ2v) is 13.3. The van der Waals surface area contributed by atoms with E-state index in [4.69, 9.17) is 56.4 Å². The van der Waals surface area contributed by atoms with Crippen molar-refractivity contribution in [3.05, 3.63) is 110 Å². The first-order chi connectivity index (χ1) is 29.7. The van der Waals surface area contributed by atoms with Gasteiger partial charge in [-0.15, -0.1) is 0 Å². The summed E-state index contributed by atoms with van der Waals surface area (Å²) in [4.78, 5) is 56.6. The first-order valence-corrected chi connectivity index (χ1v) is 18.2. The van der Waals surface area contributed by atoms with Crippen molar-refractivity contribution in [2.75, 3.05) is 0 Å². The Bertz CT molecular complexity index is 2980. The maximum atomic E-state index is 6.60. The van der Waals surface area contributed by atoms with E-state index < -0.39 is 0 Å². The van der Waals surface area contributed by atoms with Crippen LogP contribution in [0.2, 0.25) is 0 Å². The monoisotopic (exact) mass is 786 g/mol. The molecule has 0 unspecified atom stereocenters. The molecule has 0 atom stereocenters. The number of nitrogens with zero attached hydrogens (tertiary/aromatic N) is 12. The molecule has 1 aromatic carbocycles. The van der Waals surface area contributed by atoms with Crippen LogP contribution in [0.25, 0.3) is 136 Å². The smallest absolute Gasteiger partial charge is 0.247 e. The molecule has 0 aliphatic carbocycles. The third kappa shape index (κ3) is 4.81. The van der Waals surface area contributed by atoms with Crippen molar-refractivity contribution in [2.24, 2.45) is 0 Å². The molecule has 0 radical (unpaired) electrons. The van der Waals surface area contributed by atoms with Crippen LogP contribution in [-0.4, -0.2) is 59.8 Å². The Morgan fingerprint density at radius 3 is 0.850 bits per heavy atom. The van der Waals surface area contributed by atoms with E-state index in [9.17, 15) is 0 Å².